The Hall–Kier alpha value is -0.510. The zero-order chi connectivity index (χ0) is 13.6. The molecular weight excluding hydrogens is 224 g/mol. The second kappa shape index (κ2) is 4.01. The van der Waals surface area contributed by atoms with Crippen molar-refractivity contribution in [2.75, 3.05) is 6.54 Å². The highest BCUT2D eigenvalue weighted by Crippen LogP contribution is 2.39. The Morgan fingerprint density at radius 2 is 1.65 bits per heavy atom. The molecule has 0 aromatic rings. The van der Waals surface area contributed by atoms with E-state index in [-0.39, 0.29) is 18.7 Å². The summed E-state index contributed by atoms with van der Waals surface area (Å²) >= 11 is 0. The molecule has 0 N–H and O–H groups in total. The molecule has 1 aliphatic rings. The van der Waals surface area contributed by atoms with Crippen LogP contribution in [0, 0.1) is 5.41 Å². The lowest BCUT2D eigenvalue weighted by atomic mass is 9.84. The number of carbonyl (C=O) groups is 1. The van der Waals surface area contributed by atoms with E-state index >= 15 is 0 Å². The molecule has 1 heterocycles. The third kappa shape index (κ3) is 3.24. The lowest BCUT2D eigenvalue weighted by Crippen LogP contribution is -2.50. The second-order valence-electron chi connectivity index (χ2n) is 6.99. The lowest BCUT2D eigenvalue weighted by molar-refractivity contribution is -0.132. The number of rotatable bonds is 1. The van der Waals surface area contributed by atoms with Gasteiger partial charge in [-0.3, -0.25) is 9.69 Å². The zero-order valence-electron chi connectivity index (χ0n) is 11.6. The number of Topliss-reactive ketones (excluding diaryl/α,β-unsaturated/α-hetero) is 1. The molecule has 17 heavy (non-hydrogen) atoms. The molecule has 0 aromatic carbocycles. The molecule has 2 nitrogen and oxygen atoms in total. The Bertz CT molecular complexity index is 312. The molecule has 4 heteroatoms. The van der Waals surface area contributed by atoms with E-state index in [1.807, 2.05) is 20.8 Å². The number of hydrogen-bond donors (Lipinski definition) is 0. The molecule has 1 atom stereocenters. The molecule has 1 saturated heterocycles. The SMILES string of the molecule is CC(C)(C)C(=O)C1CC(F)(F)CN1C(C)(C)C. The summed E-state index contributed by atoms with van der Waals surface area (Å²) in [5.74, 6) is -2.84. The van der Waals surface area contributed by atoms with E-state index in [1.54, 1.807) is 25.7 Å². The molecule has 0 amide bonds. The Kier molecular flexibility index (Phi) is 3.43. The summed E-state index contributed by atoms with van der Waals surface area (Å²) in [6, 6.07) is -0.662. The van der Waals surface area contributed by atoms with Crippen molar-refractivity contribution in [1.29, 1.82) is 0 Å². The van der Waals surface area contributed by atoms with Gasteiger partial charge in [0.15, 0.2) is 5.78 Å². The van der Waals surface area contributed by atoms with E-state index < -0.39 is 22.9 Å². The molecule has 1 unspecified atom stereocenters. The first-order valence-corrected chi connectivity index (χ1v) is 6.03. The summed E-state index contributed by atoms with van der Waals surface area (Å²) in [4.78, 5) is 13.9. The van der Waals surface area contributed by atoms with Crippen molar-refractivity contribution < 1.29 is 13.6 Å². The van der Waals surface area contributed by atoms with Gasteiger partial charge in [0, 0.05) is 17.4 Å². The van der Waals surface area contributed by atoms with Gasteiger partial charge in [-0.25, -0.2) is 8.78 Å². The molecule has 100 valence electrons. The van der Waals surface area contributed by atoms with Crippen LogP contribution in [0.3, 0.4) is 0 Å². The van der Waals surface area contributed by atoms with Crippen LogP contribution in [0.15, 0.2) is 0 Å². The van der Waals surface area contributed by atoms with Crippen LogP contribution in [-0.4, -0.2) is 34.7 Å². The van der Waals surface area contributed by atoms with Crippen LogP contribution in [0.25, 0.3) is 0 Å². The second-order valence-corrected chi connectivity index (χ2v) is 6.99. The van der Waals surface area contributed by atoms with E-state index in [0.29, 0.717) is 0 Å². The number of nitrogens with zero attached hydrogens (tertiary/aromatic N) is 1. The summed E-state index contributed by atoms with van der Waals surface area (Å²) in [6.45, 7) is 10.7. The van der Waals surface area contributed by atoms with Gasteiger partial charge in [0.25, 0.3) is 5.92 Å². The largest absolute Gasteiger partial charge is 0.297 e. The van der Waals surface area contributed by atoms with Gasteiger partial charge in [-0.05, 0) is 20.8 Å². The van der Waals surface area contributed by atoms with Gasteiger partial charge in [-0.1, -0.05) is 20.8 Å². The van der Waals surface area contributed by atoms with Gasteiger partial charge >= 0.3 is 0 Å². The number of ketones is 1. The van der Waals surface area contributed by atoms with Gasteiger partial charge in [-0.15, -0.1) is 0 Å². The number of likely N-dealkylation sites (tertiary alicyclic amines) is 1. The first kappa shape index (κ1) is 14.6. The average molecular weight is 247 g/mol. The number of hydrogen-bond acceptors (Lipinski definition) is 2. The van der Waals surface area contributed by atoms with Gasteiger partial charge < -0.3 is 0 Å². The maximum Gasteiger partial charge on any atom is 0.262 e. The molecule has 0 spiro atoms. The zero-order valence-corrected chi connectivity index (χ0v) is 11.6. The molecule has 0 aromatic heterocycles. The summed E-state index contributed by atoms with van der Waals surface area (Å²) in [5.41, 5.74) is -0.986. The van der Waals surface area contributed by atoms with Gasteiger partial charge in [0.1, 0.15) is 0 Å². The van der Waals surface area contributed by atoms with Crippen molar-refractivity contribution in [2.24, 2.45) is 5.41 Å². The van der Waals surface area contributed by atoms with E-state index in [0.717, 1.165) is 0 Å². The fraction of sp³-hybridized carbons (Fsp3) is 0.923. The topological polar surface area (TPSA) is 20.3 Å². The third-order valence-electron chi connectivity index (χ3n) is 3.17. The maximum absolute atomic E-state index is 13.5. The average Bonchev–Trinajstić information content (AvgIpc) is 2.37. The number of carbonyl (C=O) groups excluding carboxylic acids is 1. The van der Waals surface area contributed by atoms with Gasteiger partial charge in [0.2, 0.25) is 0 Å². The van der Waals surface area contributed by atoms with Crippen LogP contribution >= 0.6 is 0 Å². The quantitative estimate of drug-likeness (QED) is 0.709. The van der Waals surface area contributed by atoms with Crippen LogP contribution in [0.2, 0.25) is 0 Å². The number of halogens is 2. The standard InChI is InChI=1S/C13H23F2NO/c1-11(2,3)10(17)9-7-13(14,15)8-16(9)12(4,5)6/h9H,7-8H2,1-6H3. The fourth-order valence-electron chi connectivity index (χ4n) is 2.26. The Morgan fingerprint density at radius 3 is 2.00 bits per heavy atom. The van der Waals surface area contributed by atoms with Crippen molar-refractivity contribution in [1.82, 2.24) is 4.90 Å². The minimum Gasteiger partial charge on any atom is -0.297 e. The molecular formula is C13H23F2NO. The highest BCUT2D eigenvalue weighted by Gasteiger charge is 2.52. The van der Waals surface area contributed by atoms with Crippen molar-refractivity contribution in [3.05, 3.63) is 0 Å². The predicted molar refractivity (Wildman–Crippen MR) is 64.3 cm³/mol. The van der Waals surface area contributed by atoms with Crippen LogP contribution in [0.1, 0.15) is 48.0 Å². The molecule has 0 radical (unpaired) electrons. The van der Waals surface area contributed by atoms with Gasteiger partial charge in [-0.2, -0.15) is 0 Å². The first-order valence-electron chi connectivity index (χ1n) is 6.03. The van der Waals surface area contributed by atoms with Gasteiger partial charge in [0.05, 0.1) is 12.6 Å². The maximum atomic E-state index is 13.5. The highest BCUT2D eigenvalue weighted by atomic mass is 19.3. The predicted octanol–water partition coefficient (Wildman–Crippen LogP) is 3.11. The van der Waals surface area contributed by atoms with Crippen molar-refractivity contribution in [3.63, 3.8) is 0 Å². The van der Waals surface area contributed by atoms with E-state index in [9.17, 15) is 13.6 Å². The van der Waals surface area contributed by atoms with Crippen LogP contribution in [0.4, 0.5) is 8.78 Å². The Labute approximate surface area is 102 Å². The number of alkyl halides is 2. The Morgan fingerprint density at radius 1 is 1.18 bits per heavy atom. The lowest BCUT2D eigenvalue weighted by Gasteiger charge is -2.37. The first-order chi connectivity index (χ1) is 7.34. The molecule has 0 aliphatic carbocycles. The van der Waals surface area contributed by atoms with E-state index in [4.69, 9.17) is 0 Å². The monoisotopic (exact) mass is 247 g/mol. The van der Waals surface area contributed by atoms with Crippen LogP contribution < -0.4 is 0 Å². The molecule has 1 rings (SSSR count). The van der Waals surface area contributed by atoms with Crippen LogP contribution in [0.5, 0.6) is 0 Å². The molecule has 0 saturated carbocycles. The van der Waals surface area contributed by atoms with Crippen molar-refractivity contribution in [2.45, 2.75) is 65.5 Å². The fourth-order valence-corrected chi connectivity index (χ4v) is 2.26. The highest BCUT2D eigenvalue weighted by molar-refractivity contribution is 5.89. The van der Waals surface area contributed by atoms with Crippen molar-refractivity contribution in [3.8, 4) is 0 Å². The summed E-state index contributed by atoms with van der Waals surface area (Å²) < 4.78 is 27.1. The smallest absolute Gasteiger partial charge is 0.262 e. The summed E-state index contributed by atoms with van der Waals surface area (Å²) in [6.07, 6.45) is -0.347. The van der Waals surface area contributed by atoms with E-state index in [2.05, 4.69) is 0 Å². The van der Waals surface area contributed by atoms with Crippen molar-refractivity contribution >= 4 is 5.78 Å². The summed E-state index contributed by atoms with van der Waals surface area (Å²) in [7, 11) is 0. The minimum atomic E-state index is -2.75. The third-order valence-corrected chi connectivity index (χ3v) is 3.17. The normalized spacial score (nSPS) is 26.2. The van der Waals surface area contributed by atoms with Crippen LogP contribution in [-0.2, 0) is 4.79 Å². The molecule has 0 bridgehead atoms. The molecule has 1 aliphatic heterocycles. The minimum absolute atomic E-state index is 0.0930. The Balaban J connectivity index is 3.01. The molecule has 1 fully saturated rings. The van der Waals surface area contributed by atoms with E-state index in [1.165, 1.54) is 0 Å². The summed E-state index contributed by atoms with van der Waals surface area (Å²) in [5, 5.41) is 0.